The zero-order valence-corrected chi connectivity index (χ0v) is 12.5. The predicted octanol–water partition coefficient (Wildman–Crippen LogP) is 4.36. The zero-order chi connectivity index (χ0) is 15.2. The summed E-state index contributed by atoms with van der Waals surface area (Å²) >= 11 is 0. The molecule has 0 atom stereocenters. The highest BCUT2D eigenvalue weighted by Crippen LogP contribution is 2.25. The molecule has 1 aliphatic rings. The van der Waals surface area contributed by atoms with Crippen LogP contribution in [0.25, 0.3) is 12.2 Å². The molecule has 114 valence electrons. The molecular formula is C18H20N2O2. The largest absolute Gasteiger partial charge is 0.445 e. The first-order valence-corrected chi connectivity index (χ1v) is 7.80. The van der Waals surface area contributed by atoms with Crippen molar-refractivity contribution in [3.8, 4) is 0 Å². The van der Waals surface area contributed by atoms with Crippen LogP contribution in [0.2, 0.25) is 0 Å². The Morgan fingerprint density at radius 1 is 1.23 bits per heavy atom. The maximum absolute atomic E-state index is 12.3. The molecule has 1 N–H and O–H groups in total. The number of benzene rings is 1. The lowest BCUT2D eigenvalue weighted by molar-refractivity contribution is -0.120. The third-order valence-electron chi connectivity index (χ3n) is 4.00. The molecule has 0 spiro atoms. The van der Waals surface area contributed by atoms with E-state index < -0.39 is 0 Å². The smallest absolute Gasteiger partial charge is 0.227 e. The number of aromatic nitrogens is 1. The first-order valence-electron chi connectivity index (χ1n) is 7.80. The van der Waals surface area contributed by atoms with Gasteiger partial charge in [-0.05, 0) is 36.6 Å². The van der Waals surface area contributed by atoms with Crippen molar-refractivity contribution < 1.29 is 9.21 Å². The molecule has 2 aromatic rings. The minimum Gasteiger partial charge on any atom is -0.445 e. The molecule has 0 unspecified atom stereocenters. The Kier molecular flexibility index (Phi) is 4.68. The van der Waals surface area contributed by atoms with Crippen molar-refractivity contribution in [2.75, 3.05) is 5.32 Å². The maximum Gasteiger partial charge on any atom is 0.227 e. The lowest BCUT2D eigenvalue weighted by Crippen LogP contribution is -2.24. The Balaban J connectivity index is 1.64. The van der Waals surface area contributed by atoms with Crippen LogP contribution in [0.3, 0.4) is 0 Å². The van der Waals surface area contributed by atoms with Crippen LogP contribution < -0.4 is 5.32 Å². The van der Waals surface area contributed by atoms with Gasteiger partial charge >= 0.3 is 0 Å². The van der Waals surface area contributed by atoms with Gasteiger partial charge in [0.05, 0.1) is 6.20 Å². The third kappa shape index (κ3) is 3.85. The molecule has 1 aromatic carbocycles. The lowest BCUT2D eigenvalue weighted by atomic mass is 9.88. The number of hydrogen-bond donors (Lipinski definition) is 1. The van der Waals surface area contributed by atoms with Gasteiger partial charge in [0.15, 0.2) is 0 Å². The van der Waals surface area contributed by atoms with Gasteiger partial charge in [0.2, 0.25) is 11.8 Å². The fourth-order valence-electron chi connectivity index (χ4n) is 2.81. The number of oxazole rings is 1. The van der Waals surface area contributed by atoms with Crippen molar-refractivity contribution in [2.24, 2.45) is 5.92 Å². The van der Waals surface area contributed by atoms with Gasteiger partial charge in [-0.3, -0.25) is 4.79 Å². The Labute approximate surface area is 130 Å². The van der Waals surface area contributed by atoms with E-state index in [0.29, 0.717) is 5.89 Å². The van der Waals surface area contributed by atoms with E-state index in [9.17, 15) is 4.79 Å². The molecule has 1 saturated carbocycles. The van der Waals surface area contributed by atoms with E-state index in [4.69, 9.17) is 4.42 Å². The first-order chi connectivity index (χ1) is 10.8. The molecule has 1 aliphatic carbocycles. The summed E-state index contributed by atoms with van der Waals surface area (Å²) in [6, 6.07) is 7.80. The number of anilines is 1. The number of carbonyl (C=O) groups is 1. The summed E-state index contributed by atoms with van der Waals surface area (Å²) in [7, 11) is 0. The molecule has 0 bridgehead atoms. The van der Waals surface area contributed by atoms with Crippen LogP contribution in [0.5, 0.6) is 0 Å². The predicted molar refractivity (Wildman–Crippen MR) is 87.1 cm³/mol. The van der Waals surface area contributed by atoms with E-state index in [-0.39, 0.29) is 11.8 Å². The van der Waals surface area contributed by atoms with Gasteiger partial charge in [0.1, 0.15) is 6.26 Å². The normalized spacial score (nSPS) is 16.0. The lowest BCUT2D eigenvalue weighted by Gasteiger charge is -2.20. The Morgan fingerprint density at radius 2 is 2.09 bits per heavy atom. The Hall–Kier alpha value is -2.36. The molecule has 3 rings (SSSR count). The zero-order valence-electron chi connectivity index (χ0n) is 12.5. The molecule has 4 nitrogen and oxygen atoms in total. The van der Waals surface area contributed by atoms with Gasteiger partial charge in [-0.1, -0.05) is 31.4 Å². The summed E-state index contributed by atoms with van der Waals surface area (Å²) in [5, 5.41) is 3.03. The average molecular weight is 296 g/mol. The summed E-state index contributed by atoms with van der Waals surface area (Å²) in [6.07, 6.45) is 12.5. The van der Waals surface area contributed by atoms with Gasteiger partial charge in [0, 0.05) is 17.7 Å². The van der Waals surface area contributed by atoms with Gasteiger partial charge in [0.25, 0.3) is 0 Å². The van der Waals surface area contributed by atoms with Gasteiger partial charge < -0.3 is 9.73 Å². The molecule has 0 aliphatic heterocycles. The standard InChI is InChI=1S/C18H20N2O2/c21-18(15-6-2-1-3-7-15)20-16-8-4-5-14(13-16)9-10-17-19-11-12-22-17/h4-5,8-13,15H,1-3,6-7H2,(H,20,21). The van der Waals surface area contributed by atoms with Crippen LogP contribution in [-0.2, 0) is 4.79 Å². The highest BCUT2D eigenvalue weighted by atomic mass is 16.3. The maximum atomic E-state index is 12.3. The van der Waals surface area contributed by atoms with Crippen LogP contribution in [0, 0.1) is 5.92 Å². The second-order valence-corrected chi connectivity index (χ2v) is 5.65. The van der Waals surface area contributed by atoms with Crippen LogP contribution in [0.4, 0.5) is 5.69 Å². The van der Waals surface area contributed by atoms with E-state index >= 15 is 0 Å². The number of nitrogens with one attached hydrogen (secondary N) is 1. The molecule has 1 aromatic heterocycles. The molecule has 22 heavy (non-hydrogen) atoms. The minimum absolute atomic E-state index is 0.147. The number of carbonyl (C=O) groups excluding carboxylic acids is 1. The van der Waals surface area contributed by atoms with E-state index in [1.807, 2.05) is 36.4 Å². The summed E-state index contributed by atoms with van der Waals surface area (Å²) in [4.78, 5) is 16.3. The number of hydrogen-bond acceptors (Lipinski definition) is 3. The van der Waals surface area contributed by atoms with E-state index in [2.05, 4.69) is 10.3 Å². The van der Waals surface area contributed by atoms with E-state index in [0.717, 1.165) is 36.9 Å². The number of rotatable bonds is 4. The Morgan fingerprint density at radius 3 is 2.86 bits per heavy atom. The van der Waals surface area contributed by atoms with Crippen LogP contribution in [0.1, 0.15) is 43.6 Å². The van der Waals surface area contributed by atoms with Crippen molar-refractivity contribution in [3.63, 3.8) is 0 Å². The van der Waals surface area contributed by atoms with Crippen LogP contribution >= 0.6 is 0 Å². The monoisotopic (exact) mass is 296 g/mol. The second-order valence-electron chi connectivity index (χ2n) is 5.65. The summed E-state index contributed by atoms with van der Waals surface area (Å²) in [6.45, 7) is 0. The second kappa shape index (κ2) is 7.07. The average Bonchev–Trinajstić information content (AvgIpc) is 3.08. The van der Waals surface area contributed by atoms with E-state index in [1.54, 1.807) is 12.5 Å². The summed E-state index contributed by atoms with van der Waals surface area (Å²) in [5.74, 6) is 0.880. The molecule has 0 radical (unpaired) electrons. The Bertz CT molecular complexity index is 641. The van der Waals surface area contributed by atoms with Crippen molar-refractivity contribution >= 4 is 23.7 Å². The molecular weight excluding hydrogens is 276 g/mol. The number of amides is 1. The molecule has 0 saturated heterocycles. The molecule has 4 heteroatoms. The SMILES string of the molecule is O=C(Nc1cccc(C=Cc2ncco2)c1)C1CCCCC1. The van der Waals surface area contributed by atoms with Gasteiger partial charge in [-0.2, -0.15) is 0 Å². The van der Waals surface area contributed by atoms with Crippen molar-refractivity contribution in [1.29, 1.82) is 0 Å². The topological polar surface area (TPSA) is 55.1 Å². The van der Waals surface area contributed by atoms with Gasteiger partial charge in [-0.15, -0.1) is 0 Å². The summed E-state index contributed by atoms with van der Waals surface area (Å²) in [5.41, 5.74) is 1.84. The molecule has 1 amide bonds. The highest BCUT2D eigenvalue weighted by molar-refractivity contribution is 5.93. The van der Waals surface area contributed by atoms with E-state index in [1.165, 1.54) is 6.42 Å². The fraction of sp³-hybridized carbons (Fsp3) is 0.333. The van der Waals surface area contributed by atoms with Crippen molar-refractivity contribution in [3.05, 3.63) is 48.2 Å². The van der Waals surface area contributed by atoms with Crippen molar-refractivity contribution in [1.82, 2.24) is 4.98 Å². The summed E-state index contributed by atoms with van der Waals surface area (Å²) < 4.78 is 5.16. The minimum atomic E-state index is 0.147. The quantitative estimate of drug-likeness (QED) is 0.911. The van der Waals surface area contributed by atoms with Crippen LogP contribution in [-0.4, -0.2) is 10.9 Å². The van der Waals surface area contributed by atoms with Gasteiger partial charge in [-0.25, -0.2) is 4.98 Å². The van der Waals surface area contributed by atoms with Crippen molar-refractivity contribution in [2.45, 2.75) is 32.1 Å². The highest BCUT2D eigenvalue weighted by Gasteiger charge is 2.20. The number of nitrogens with zero attached hydrogens (tertiary/aromatic N) is 1. The molecule has 1 fully saturated rings. The molecule has 1 heterocycles. The fourth-order valence-corrected chi connectivity index (χ4v) is 2.81. The van der Waals surface area contributed by atoms with Crippen LogP contribution in [0.15, 0.2) is 41.1 Å². The first kappa shape index (κ1) is 14.6. The third-order valence-corrected chi connectivity index (χ3v) is 4.00.